The van der Waals surface area contributed by atoms with Crippen LogP contribution in [0.5, 0.6) is 0 Å². The van der Waals surface area contributed by atoms with Gasteiger partial charge in [-0.05, 0) is 35.2 Å². The first-order chi connectivity index (χ1) is 16.8. The van der Waals surface area contributed by atoms with Gasteiger partial charge in [-0.25, -0.2) is 0 Å². The summed E-state index contributed by atoms with van der Waals surface area (Å²) < 4.78 is 0. The Morgan fingerprint density at radius 3 is 2.00 bits per heavy atom. The van der Waals surface area contributed by atoms with Crippen molar-refractivity contribution in [2.45, 2.75) is 19.0 Å². The van der Waals surface area contributed by atoms with Crippen molar-refractivity contribution in [2.24, 2.45) is 5.92 Å². The van der Waals surface area contributed by atoms with Gasteiger partial charge in [0.1, 0.15) is 0 Å². The molecule has 5 rings (SSSR count). The van der Waals surface area contributed by atoms with Crippen LogP contribution < -0.4 is 10.2 Å². The van der Waals surface area contributed by atoms with Crippen LogP contribution in [-0.2, 0) is 17.8 Å². The van der Waals surface area contributed by atoms with Crippen LogP contribution in [0.2, 0.25) is 0 Å². The lowest BCUT2D eigenvalue weighted by molar-refractivity contribution is -0.122. The maximum Gasteiger partial charge on any atom is 0.233 e. The van der Waals surface area contributed by atoms with E-state index in [0.717, 1.165) is 28.1 Å². The van der Waals surface area contributed by atoms with Gasteiger partial charge in [-0.15, -0.1) is 0 Å². The Morgan fingerprint density at radius 1 is 0.706 bits per heavy atom. The van der Waals surface area contributed by atoms with Gasteiger partial charge in [0.2, 0.25) is 5.91 Å². The van der Waals surface area contributed by atoms with E-state index >= 15 is 0 Å². The van der Waals surface area contributed by atoms with Gasteiger partial charge >= 0.3 is 0 Å². The van der Waals surface area contributed by atoms with Crippen LogP contribution in [0.25, 0.3) is 6.08 Å². The molecule has 0 radical (unpaired) electrons. The third-order valence-electron chi connectivity index (χ3n) is 6.31. The summed E-state index contributed by atoms with van der Waals surface area (Å²) in [5.41, 5.74) is 5.29. The maximum absolute atomic E-state index is 14.2. The van der Waals surface area contributed by atoms with Crippen molar-refractivity contribution in [3.8, 4) is 0 Å². The van der Waals surface area contributed by atoms with E-state index in [1.54, 1.807) is 0 Å². The minimum Gasteiger partial charge on any atom is -0.376 e. The average molecular weight is 445 g/mol. The number of hydrogen-bond donors (Lipinski definition) is 1. The summed E-state index contributed by atoms with van der Waals surface area (Å²) in [5, 5.41) is 3.70. The highest BCUT2D eigenvalue weighted by atomic mass is 16.2. The van der Waals surface area contributed by atoms with Crippen LogP contribution in [-0.4, -0.2) is 11.9 Å². The first kappa shape index (κ1) is 21.7. The van der Waals surface area contributed by atoms with E-state index in [1.165, 1.54) is 0 Å². The normalized spacial score (nSPS) is 17.8. The fourth-order valence-corrected chi connectivity index (χ4v) is 4.56. The zero-order chi connectivity index (χ0) is 23.2. The van der Waals surface area contributed by atoms with Gasteiger partial charge in [0.25, 0.3) is 0 Å². The number of carbonyl (C=O) groups excluding carboxylic acids is 1. The standard InChI is InChI=1S/C31H28N2O/c34-31-27(22-25-14-6-2-7-15-25)28(21-20-24-12-4-1-5-13-24)32-29-18-10-11-19-30(29)33(31)23-26-16-8-3-9-17-26/h1-21,27-28,32H,22-23H2/b21-20+. The molecule has 0 aliphatic carbocycles. The molecule has 3 heteroatoms. The minimum absolute atomic E-state index is 0.132. The highest BCUT2D eigenvalue weighted by Crippen LogP contribution is 2.35. The second-order valence-corrected chi connectivity index (χ2v) is 8.66. The molecule has 1 heterocycles. The van der Waals surface area contributed by atoms with E-state index in [4.69, 9.17) is 0 Å². The number of benzene rings is 4. The Bertz CT molecular complexity index is 1250. The molecule has 0 fully saturated rings. The molecule has 4 aromatic carbocycles. The number of nitrogens with zero attached hydrogens (tertiary/aromatic N) is 1. The van der Waals surface area contributed by atoms with Crippen molar-refractivity contribution >= 4 is 23.4 Å². The lowest BCUT2D eigenvalue weighted by atomic mass is 9.90. The summed E-state index contributed by atoms with van der Waals surface area (Å²) in [6.45, 7) is 0.540. The van der Waals surface area contributed by atoms with Gasteiger partial charge in [0.15, 0.2) is 0 Å². The predicted octanol–water partition coefficient (Wildman–Crippen LogP) is 6.59. The van der Waals surface area contributed by atoms with E-state index < -0.39 is 0 Å². The zero-order valence-corrected chi connectivity index (χ0v) is 19.0. The van der Waals surface area contributed by atoms with E-state index in [0.29, 0.717) is 13.0 Å². The Balaban J connectivity index is 1.55. The van der Waals surface area contributed by atoms with E-state index in [2.05, 4.69) is 59.9 Å². The van der Waals surface area contributed by atoms with Crippen molar-refractivity contribution in [1.82, 2.24) is 0 Å². The molecule has 1 aliphatic heterocycles. The number of fused-ring (bicyclic) bond motifs is 1. The summed E-state index contributed by atoms with van der Waals surface area (Å²) in [7, 11) is 0. The molecule has 0 bridgehead atoms. The first-order valence-electron chi connectivity index (χ1n) is 11.8. The summed E-state index contributed by atoms with van der Waals surface area (Å²) in [6, 6.07) is 38.7. The largest absolute Gasteiger partial charge is 0.376 e. The SMILES string of the molecule is O=C1C(Cc2ccccc2)C(/C=C/c2ccccc2)Nc2ccccc2N1Cc1ccccc1. The lowest BCUT2D eigenvalue weighted by Crippen LogP contribution is -2.41. The number of carbonyl (C=O) groups is 1. The van der Waals surface area contributed by atoms with Crippen LogP contribution >= 0.6 is 0 Å². The zero-order valence-electron chi connectivity index (χ0n) is 19.0. The smallest absolute Gasteiger partial charge is 0.233 e. The van der Waals surface area contributed by atoms with Crippen molar-refractivity contribution in [3.05, 3.63) is 138 Å². The van der Waals surface area contributed by atoms with Gasteiger partial charge in [0.05, 0.1) is 29.9 Å². The molecule has 3 nitrogen and oxygen atoms in total. The Kier molecular flexibility index (Phi) is 6.53. The van der Waals surface area contributed by atoms with Crippen LogP contribution in [0.3, 0.4) is 0 Å². The van der Waals surface area contributed by atoms with Crippen LogP contribution in [0, 0.1) is 5.92 Å². The van der Waals surface area contributed by atoms with Crippen LogP contribution in [0.4, 0.5) is 11.4 Å². The molecule has 1 amide bonds. The molecule has 1 N–H and O–H groups in total. The highest BCUT2D eigenvalue weighted by Gasteiger charge is 2.35. The number of hydrogen-bond acceptors (Lipinski definition) is 2. The van der Waals surface area contributed by atoms with Crippen molar-refractivity contribution in [1.29, 1.82) is 0 Å². The summed E-state index contributed by atoms with van der Waals surface area (Å²) >= 11 is 0. The highest BCUT2D eigenvalue weighted by molar-refractivity contribution is 6.00. The molecule has 0 spiro atoms. The molecule has 0 saturated carbocycles. The summed E-state index contributed by atoms with van der Waals surface area (Å²) in [4.78, 5) is 16.1. The maximum atomic E-state index is 14.2. The predicted molar refractivity (Wildman–Crippen MR) is 141 cm³/mol. The topological polar surface area (TPSA) is 32.3 Å². The second kappa shape index (κ2) is 10.2. The fourth-order valence-electron chi connectivity index (χ4n) is 4.56. The van der Waals surface area contributed by atoms with Gasteiger partial charge in [-0.3, -0.25) is 4.79 Å². The van der Waals surface area contributed by atoms with Crippen molar-refractivity contribution in [3.63, 3.8) is 0 Å². The monoisotopic (exact) mass is 444 g/mol. The molecular weight excluding hydrogens is 416 g/mol. The third-order valence-corrected chi connectivity index (χ3v) is 6.31. The molecule has 2 unspecified atom stereocenters. The first-order valence-corrected chi connectivity index (χ1v) is 11.8. The number of amides is 1. The van der Waals surface area contributed by atoms with E-state index in [1.807, 2.05) is 77.7 Å². The molecule has 0 saturated heterocycles. The molecule has 2 atom stereocenters. The van der Waals surface area contributed by atoms with Crippen LogP contribution in [0.1, 0.15) is 16.7 Å². The fraction of sp³-hybridized carbons (Fsp3) is 0.129. The van der Waals surface area contributed by atoms with Crippen molar-refractivity contribution < 1.29 is 4.79 Å². The molecule has 0 aromatic heterocycles. The summed E-state index contributed by atoms with van der Waals surface area (Å²) in [6.07, 6.45) is 4.91. The molecule has 168 valence electrons. The van der Waals surface area contributed by atoms with Gasteiger partial charge < -0.3 is 10.2 Å². The average Bonchev–Trinajstić information content (AvgIpc) is 3.00. The van der Waals surface area contributed by atoms with Crippen molar-refractivity contribution in [2.75, 3.05) is 10.2 Å². The number of rotatable bonds is 6. The lowest BCUT2D eigenvalue weighted by Gasteiger charge is -2.27. The Labute approximate surface area is 201 Å². The van der Waals surface area contributed by atoms with Gasteiger partial charge in [-0.2, -0.15) is 0 Å². The quantitative estimate of drug-likeness (QED) is 0.364. The summed E-state index contributed by atoms with van der Waals surface area (Å²) in [5.74, 6) is -0.119. The third kappa shape index (κ3) is 4.94. The van der Waals surface area contributed by atoms with Gasteiger partial charge in [0, 0.05) is 0 Å². The van der Waals surface area contributed by atoms with E-state index in [9.17, 15) is 4.79 Å². The molecular formula is C31H28N2O. The number of nitrogens with one attached hydrogen (secondary N) is 1. The molecule has 4 aromatic rings. The van der Waals surface area contributed by atoms with Crippen LogP contribution in [0.15, 0.2) is 121 Å². The minimum atomic E-state index is -0.251. The molecule has 34 heavy (non-hydrogen) atoms. The van der Waals surface area contributed by atoms with Gasteiger partial charge in [-0.1, -0.05) is 115 Å². The Hall–Kier alpha value is -4.11. The number of para-hydroxylation sites is 2. The number of anilines is 2. The Morgan fingerprint density at radius 2 is 1.29 bits per heavy atom. The second-order valence-electron chi connectivity index (χ2n) is 8.66. The van der Waals surface area contributed by atoms with E-state index in [-0.39, 0.29) is 17.9 Å². The molecule has 1 aliphatic rings.